The first-order chi connectivity index (χ1) is 7.78. The number of aryl methyl sites for hydroxylation is 1. The Morgan fingerprint density at radius 2 is 2.12 bits per heavy atom. The van der Waals surface area contributed by atoms with Crippen LogP contribution < -0.4 is 5.32 Å². The standard InChI is InChI=1S/C13H18ClNOS/c1-9-4-5-11(10(14)8-9)15-12(16)6-7-13(2,3)17/h4-5,8,17H,6-7H2,1-3H3,(H,15,16). The Morgan fingerprint density at radius 1 is 1.47 bits per heavy atom. The molecule has 0 bridgehead atoms. The van der Waals surface area contributed by atoms with Crippen molar-refractivity contribution in [2.75, 3.05) is 5.32 Å². The van der Waals surface area contributed by atoms with Gasteiger partial charge in [-0.3, -0.25) is 4.79 Å². The third-order valence-electron chi connectivity index (χ3n) is 2.36. The minimum atomic E-state index is -0.131. The number of nitrogens with one attached hydrogen (secondary N) is 1. The summed E-state index contributed by atoms with van der Waals surface area (Å²) >= 11 is 10.4. The molecule has 0 fully saturated rings. The lowest BCUT2D eigenvalue weighted by atomic mass is 10.1. The molecule has 94 valence electrons. The molecule has 4 heteroatoms. The van der Waals surface area contributed by atoms with Crippen LogP contribution in [0, 0.1) is 6.92 Å². The number of thiol groups is 1. The van der Waals surface area contributed by atoms with Crippen LogP contribution in [0.1, 0.15) is 32.3 Å². The zero-order valence-corrected chi connectivity index (χ0v) is 12.0. The molecular weight excluding hydrogens is 254 g/mol. The van der Waals surface area contributed by atoms with Crippen molar-refractivity contribution >= 4 is 35.8 Å². The minimum Gasteiger partial charge on any atom is -0.325 e. The normalized spacial score (nSPS) is 11.4. The second-order valence-corrected chi connectivity index (χ2v) is 6.46. The molecule has 1 N–H and O–H groups in total. The molecule has 0 atom stereocenters. The topological polar surface area (TPSA) is 29.1 Å². The molecule has 1 rings (SSSR count). The lowest BCUT2D eigenvalue weighted by Gasteiger charge is -2.16. The number of hydrogen-bond acceptors (Lipinski definition) is 2. The average molecular weight is 272 g/mol. The summed E-state index contributed by atoms with van der Waals surface area (Å²) in [6.07, 6.45) is 1.17. The Labute approximate surface area is 113 Å². The van der Waals surface area contributed by atoms with Gasteiger partial charge >= 0.3 is 0 Å². The highest BCUT2D eigenvalue weighted by Crippen LogP contribution is 2.24. The maximum Gasteiger partial charge on any atom is 0.224 e. The van der Waals surface area contributed by atoms with Crippen molar-refractivity contribution in [3.8, 4) is 0 Å². The van der Waals surface area contributed by atoms with Crippen LogP contribution in [0.5, 0.6) is 0 Å². The lowest BCUT2D eigenvalue weighted by Crippen LogP contribution is -2.17. The van der Waals surface area contributed by atoms with E-state index in [2.05, 4.69) is 17.9 Å². The van der Waals surface area contributed by atoms with Crippen LogP contribution in [-0.4, -0.2) is 10.7 Å². The van der Waals surface area contributed by atoms with Gasteiger partial charge in [-0.05, 0) is 31.0 Å². The van der Waals surface area contributed by atoms with Gasteiger partial charge in [0.25, 0.3) is 0 Å². The van der Waals surface area contributed by atoms with E-state index < -0.39 is 0 Å². The molecule has 0 aliphatic heterocycles. The number of benzene rings is 1. The van der Waals surface area contributed by atoms with E-state index in [9.17, 15) is 4.79 Å². The van der Waals surface area contributed by atoms with Gasteiger partial charge in [-0.15, -0.1) is 0 Å². The molecule has 0 saturated heterocycles. The van der Waals surface area contributed by atoms with Crippen molar-refractivity contribution in [1.29, 1.82) is 0 Å². The van der Waals surface area contributed by atoms with Crippen molar-refractivity contribution in [2.24, 2.45) is 0 Å². The van der Waals surface area contributed by atoms with Gasteiger partial charge in [-0.25, -0.2) is 0 Å². The van der Waals surface area contributed by atoms with E-state index in [0.29, 0.717) is 17.1 Å². The number of anilines is 1. The zero-order chi connectivity index (χ0) is 13.1. The summed E-state index contributed by atoms with van der Waals surface area (Å²) < 4.78 is -0.131. The van der Waals surface area contributed by atoms with E-state index in [4.69, 9.17) is 11.6 Å². The second kappa shape index (κ2) is 5.78. The molecule has 0 saturated carbocycles. The summed E-state index contributed by atoms with van der Waals surface area (Å²) in [6.45, 7) is 5.94. The lowest BCUT2D eigenvalue weighted by molar-refractivity contribution is -0.116. The summed E-state index contributed by atoms with van der Waals surface area (Å²) in [6, 6.07) is 5.57. The van der Waals surface area contributed by atoms with Crippen LogP contribution in [0.3, 0.4) is 0 Å². The molecule has 2 nitrogen and oxygen atoms in total. The van der Waals surface area contributed by atoms with E-state index in [1.807, 2.05) is 39.0 Å². The van der Waals surface area contributed by atoms with Crippen LogP contribution in [0.2, 0.25) is 5.02 Å². The number of amides is 1. The molecule has 0 aliphatic rings. The number of carbonyl (C=O) groups excluding carboxylic acids is 1. The van der Waals surface area contributed by atoms with E-state index in [0.717, 1.165) is 12.0 Å². The van der Waals surface area contributed by atoms with Crippen LogP contribution in [0.25, 0.3) is 0 Å². The number of halogens is 1. The molecule has 1 amide bonds. The predicted molar refractivity (Wildman–Crippen MR) is 77.1 cm³/mol. The van der Waals surface area contributed by atoms with Crippen LogP contribution in [-0.2, 0) is 4.79 Å². The van der Waals surface area contributed by atoms with Gasteiger partial charge in [0.05, 0.1) is 10.7 Å². The Hall–Kier alpha value is -0.670. The number of carbonyl (C=O) groups is 1. The first-order valence-electron chi connectivity index (χ1n) is 5.56. The maximum absolute atomic E-state index is 11.7. The van der Waals surface area contributed by atoms with Crippen molar-refractivity contribution < 1.29 is 4.79 Å². The SMILES string of the molecule is Cc1ccc(NC(=O)CCC(C)(C)S)c(Cl)c1. The third kappa shape index (κ3) is 5.46. The summed E-state index contributed by atoms with van der Waals surface area (Å²) in [4.78, 5) is 11.7. The smallest absolute Gasteiger partial charge is 0.224 e. The second-order valence-electron chi connectivity index (χ2n) is 4.84. The Kier molecular flexibility index (Phi) is 4.90. The quantitative estimate of drug-likeness (QED) is 0.794. The molecular formula is C13H18ClNOS. The first-order valence-corrected chi connectivity index (χ1v) is 6.39. The van der Waals surface area contributed by atoms with Gasteiger partial charge < -0.3 is 5.32 Å². The van der Waals surface area contributed by atoms with Crippen molar-refractivity contribution in [2.45, 2.75) is 38.4 Å². The highest BCUT2D eigenvalue weighted by atomic mass is 35.5. The third-order valence-corrected chi connectivity index (χ3v) is 2.90. The van der Waals surface area contributed by atoms with Gasteiger partial charge in [-0.1, -0.05) is 31.5 Å². The van der Waals surface area contributed by atoms with E-state index in [-0.39, 0.29) is 10.7 Å². The van der Waals surface area contributed by atoms with E-state index >= 15 is 0 Å². The maximum atomic E-state index is 11.7. The molecule has 0 radical (unpaired) electrons. The fourth-order valence-corrected chi connectivity index (χ4v) is 1.75. The summed E-state index contributed by atoms with van der Waals surface area (Å²) in [5.41, 5.74) is 1.74. The van der Waals surface area contributed by atoms with Gasteiger partial charge in [0.2, 0.25) is 5.91 Å². The van der Waals surface area contributed by atoms with Crippen molar-refractivity contribution in [3.05, 3.63) is 28.8 Å². The van der Waals surface area contributed by atoms with Crippen LogP contribution >= 0.6 is 24.2 Å². The number of rotatable bonds is 4. The van der Waals surface area contributed by atoms with E-state index in [1.54, 1.807) is 0 Å². The molecule has 17 heavy (non-hydrogen) atoms. The summed E-state index contributed by atoms with van der Waals surface area (Å²) in [5.74, 6) is -0.0297. The molecule has 0 unspecified atom stereocenters. The van der Waals surface area contributed by atoms with E-state index in [1.165, 1.54) is 0 Å². The highest BCUT2D eigenvalue weighted by molar-refractivity contribution is 7.81. The van der Waals surface area contributed by atoms with Crippen LogP contribution in [0.15, 0.2) is 18.2 Å². The molecule has 0 heterocycles. The number of hydrogen-bond donors (Lipinski definition) is 2. The molecule has 1 aromatic rings. The van der Waals surface area contributed by atoms with Crippen molar-refractivity contribution in [1.82, 2.24) is 0 Å². The summed E-state index contributed by atoms with van der Waals surface area (Å²) in [7, 11) is 0. The minimum absolute atomic E-state index is 0.0297. The summed E-state index contributed by atoms with van der Waals surface area (Å²) in [5, 5.41) is 3.38. The van der Waals surface area contributed by atoms with Gasteiger partial charge in [0.1, 0.15) is 0 Å². The zero-order valence-electron chi connectivity index (χ0n) is 10.4. The fourth-order valence-electron chi connectivity index (χ4n) is 1.35. The fraction of sp³-hybridized carbons (Fsp3) is 0.462. The molecule has 1 aromatic carbocycles. The molecule has 0 spiro atoms. The van der Waals surface area contributed by atoms with Gasteiger partial charge in [0, 0.05) is 11.2 Å². The highest BCUT2D eigenvalue weighted by Gasteiger charge is 2.14. The predicted octanol–water partition coefficient (Wildman–Crippen LogP) is 4.08. The Morgan fingerprint density at radius 3 is 2.65 bits per heavy atom. The largest absolute Gasteiger partial charge is 0.325 e. The first kappa shape index (κ1) is 14.4. The molecule has 0 aliphatic carbocycles. The monoisotopic (exact) mass is 271 g/mol. The Balaban J connectivity index is 2.57. The van der Waals surface area contributed by atoms with Gasteiger partial charge in [-0.2, -0.15) is 12.6 Å². The van der Waals surface area contributed by atoms with Gasteiger partial charge in [0.15, 0.2) is 0 Å². The van der Waals surface area contributed by atoms with Crippen LogP contribution in [0.4, 0.5) is 5.69 Å². The van der Waals surface area contributed by atoms with Crippen molar-refractivity contribution in [3.63, 3.8) is 0 Å². The average Bonchev–Trinajstić information content (AvgIpc) is 2.18. The molecule has 0 aromatic heterocycles. The Bertz CT molecular complexity index is 412.